The van der Waals surface area contributed by atoms with E-state index >= 15 is 0 Å². The fourth-order valence-electron chi connectivity index (χ4n) is 11.6. The third-order valence-corrected chi connectivity index (χ3v) is 15.3. The van der Waals surface area contributed by atoms with Crippen molar-refractivity contribution in [3.8, 4) is 28.7 Å². The Kier molecular flexibility index (Phi) is 9.92. The molecule has 5 aromatic heterocycles. The number of aromatic nitrogens is 5. The molecule has 364 valence electrons. The van der Waals surface area contributed by atoms with Gasteiger partial charge < -0.3 is 23.7 Å². The van der Waals surface area contributed by atoms with Crippen LogP contribution in [-0.4, -0.2) is 30.3 Å². The second kappa shape index (κ2) is 16.7. The van der Waals surface area contributed by atoms with Crippen molar-refractivity contribution >= 4 is 88.3 Å². The smallest absolute Gasteiger partial charge is 0.158 e. The summed E-state index contributed by atoms with van der Waals surface area (Å²) in [6, 6.07) is 72.1. The molecule has 1 aliphatic heterocycles. The van der Waals surface area contributed by atoms with E-state index in [1.54, 1.807) is 0 Å². The minimum absolute atomic E-state index is 0.0295. The van der Waals surface area contributed by atoms with Gasteiger partial charge in [0, 0.05) is 62.5 Å². The van der Waals surface area contributed by atoms with Crippen molar-refractivity contribution in [2.75, 3.05) is 16.5 Å². The minimum Gasteiger partial charge on any atom is -0.457 e. The molecule has 0 saturated heterocycles. The number of para-hydroxylation sites is 5. The monoisotopic (exact) mass is 973 g/mol. The van der Waals surface area contributed by atoms with Crippen molar-refractivity contribution in [3.05, 3.63) is 224 Å². The predicted molar refractivity (Wildman–Crippen MR) is 311 cm³/mol. The summed E-state index contributed by atoms with van der Waals surface area (Å²) in [6.45, 7) is 14.2. The van der Waals surface area contributed by atoms with Gasteiger partial charge in [-0.3, -0.25) is 4.57 Å². The van der Waals surface area contributed by atoms with Crippen LogP contribution in [0.5, 0.6) is 11.5 Å². The molecule has 13 aromatic rings. The van der Waals surface area contributed by atoms with Crippen molar-refractivity contribution in [2.24, 2.45) is 0 Å². The first kappa shape index (κ1) is 44.6. The van der Waals surface area contributed by atoms with Gasteiger partial charge in [-0.05, 0) is 113 Å². The molecule has 0 bridgehead atoms. The Morgan fingerprint density at radius 2 is 0.880 bits per heavy atom. The minimum atomic E-state index is -0.189. The number of ether oxygens (including phenoxy) is 1. The summed E-state index contributed by atoms with van der Waals surface area (Å²) in [5, 5.41) is 7.18. The number of anilines is 4. The number of hydrogen-bond donors (Lipinski definition) is 0. The molecule has 0 aliphatic carbocycles. The second-order valence-electron chi connectivity index (χ2n) is 22.0. The van der Waals surface area contributed by atoms with Gasteiger partial charge in [-0.25, -0.2) is 9.97 Å². The maximum Gasteiger partial charge on any atom is 0.158 e. The fraction of sp³-hybridized carbons (Fsp3) is 0.134. The molecule has 0 radical (unpaired) electrons. The quantitative estimate of drug-likeness (QED) is 0.159. The van der Waals surface area contributed by atoms with E-state index in [-0.39, 0.29) is 10.8 Å². The molecule has 8 heteroatoms. The molecule has 8 nitrogen and oxygen atoms in total. The van der Waals surface area contributed by atoms with Gasteiger partial charge in [0.25, 0.3) is 0 Å². The zero-order valence-electron chi connectivity index (χ0n) is 43.0. The average Bonchev–Trinajstić information content (AvgIpc) is 4.18. The maximum atomic E-state index is 6.89. The summed E-state index contributed by atoms with van der Waals surface area (Å²) in [7, 11) is 0. The van der Waals surface area contributed by atoms with Crippen LogP contribution in [0.3, 0.4) is 0 Å². The lowest BCUT2D eigenvalue weighted by Crippen LogP contribution is -2.27. The van der Waals surface area contributed by atoms with Crippen LogP contribution < -0.4 is 14.5 Å². The SMILES string of the molecule is CC(C)(C)c1ccnc(-n2c3ccccc3c3ccc(Oc4cccc(N5CN(c6c(-n7c8ccccc8c8ccccc87)cc(C(C)(C)C)cc6-n6c7ccccc7c7ccccc76)c6cccnc65)c4)cc32)c1. The molecular weight excluding hydrogens is 919 g/mol. The Labute approximate surface area is 435 Å². The molecule has 0 atom stereocenters. The van der Waals surface area contributed by atoms with Gasteiger partial charge in [0.2, 0.25) is 0 Å². The lowest BCUT2D eigenvalue weighted by Gasteiger charge is -2.31. The van der Waals surface area contributed by atoms with Crippen LogP contribution in [-0.2, 0) is 10.8 Å². The summed E-state index contributed by atoms with van der Waals surface area (Å²) in [5.74, 6) is 3.22. The molecule has 0 saturated carbocycles. The van der Waals surface area contributed by atoms with E-state index < -0.39 is 0 Å². The highest BCUT2D eigenvalue weighted by molar-refractivity contribution is 6.13. The van der Waals surface area contributed by atoms with Crippen molar-refractivity contribution in [2.45, 2.75) is 52.4 Å². The standard InChI is InChI=1S/C67H55N7O/c1-66(2,3)43-34-36-68-63(39-43)74-58-30-16-11-25-52(58)53-33-32-47(41-60(53)74)75-46-20-17-19-45(40-46)70-42-71(59-31-18-35-69-65(59)70)64-61(72-54-26-12-7-21-48(54)49-22-8-13-27-55(49)72)37-44(67(4,5)6)38-62(64)73-56-28-14-9-23-50(56)51-24-10-15-29-57(51)73/h7-41H,42H2,1-6H3. The van der Waals surface area contributed by atoms with E-state index in [2.05, 4.69) is 259 Å². The largest absolute Gasteiger partial charge is 0.457 e. The van der Waals surface area contributed by atoms with Crippen LogP contribution in [0.4, 0.5) is 22.9 Å². The summed E-state index contributed by atoms with van der Waals surface area (Å²) in [5.41, 5.74) is 14.2. The fourth-order valence-corrected chi connectivity index (χ4v) is 11.6. The van der Waals surface area contributed by atoms with Crippen LogP contribution in [0, 0.1) is 0 Å². The second-order valence-corrected chi connectivity index (χ2v) is 22.0. The summed E-state index contributed by atoms with van der Waals surface area (Å²) in [6.07, 6.45) is 3.83. The molecule has 0 N–H and O–H groups in total. The van der Waals surface area contributed by atoms with Crippen LogP contribution in [0.15, 0.2) is 213 Å². The number of benzene rings is 8. The third kappa shape index (κ3) is 7.11. The average molecular weight is 974 g/mol. The molecular formula is C67H55N7O. The van der Waals surface area contributed by atoms with E-state index in [0.29, 0.717) is 6.67 Å². The predicted octanol–water partition coefficient (Wildman–Crippen LogP) is 17.4. The summed E-state index contributed by atoms with van der Waals surface area (Å²) >= 11 is 0. The third-order valence-electron chi connectivity index (χ3n) is 15.3. The summed E-state index contributed by atoms with van der Waals surface area (Å²) in [4.78, 5) is 14.9. The van der Waals surface area contributed by atoms with Gasteiger partial charge >= 0.3 is 0 Å². The molecule has 8 aromatic carbocycles. The van der Waals surface area contributed by atoms with E-state index in [1.807, 2.05) is 18.5 Å². The molecule has 0 unspecified atom stereocenters. The van der Waals surface area contributed by atoms with Gasteiger partial charge in [-0.1, -0.05) is 139 Å². The number of nitrogens with zero attached hydrogens (tertiary/aromatic N) is 7. The Morgan fingerprint density at radius 3 is 1.43 bits per heavy atom. The van der Waals surface area contributed by atoms with Crippen molar-refractivity contribution in [1.29, 1.82) is 0 Å². The highest BCUT2D eigenvalue weighted by Gasteiger charge is 2.35. The molecule has 6 heterocycles. The first-order chi connectivity index (χ1) is 36.5. The van der Waals surface area contributed by atoms with Crippen molar-refractivity contribution < 1.29 is 4.74 Å². The molecule has 0 amide bonds. The van der Waals surface area contributed by atoms with E-state index in [0.717, 1.165) is 90.1 Å². The van der Waals surface area contributed by atoms with Gasteiger partial charge in [0.05, 0.1) is 55.8 Å². The molecule has 0 fully saturated rings. The number of hydrogen-bond acceptors (Lipinski definition) is 5. The molecule has 1 aliphatic rings. The molecule has 0 spiro atoms. The van der Waals surface area contributed by atoms with Gasteiger partial charge in [0.1, 0.15) is 24.0 Å². The highest BCUT2D eigenvalue weighted by atomic mass is 16.5. The van der Waals surface area contributed by atoms with Gasteiger partial charge in [-0.2, -0.15) is 0 Å². The zero-order valence-corrected chi connectivity index (χ0v) is 43.0. The lowest BCUT2D eigenvalue weighted by atomic mass is 9.85. The Balaban J connectivity index is 0.941. The van der Waals surface area contributed by atoms with E-state index in [4.69, 9.17) is 14.7 Å². The normalized spacial score (nSPS) is 13.1. The van der Waals surface area contributed by atoms with Crippen LogP contribution in [0.1, 0.15) is 52.7 Å². The van der Waals surface area contributed by atoms with Crippen LogP contribution in [0.25, 0.3) is 82.6 Å². The Hall–Kier alpha value is -9.14. The van der Waals surface area contributed by atoms with Crippen molar-refractivity contribution in [1.82, 2.24) is 23.7 Å². The number of fused-ring (bicyclic) bond motifs is 10. The van der Waals surface area contributed by atoms with Gasteiger partial charge in [-0.15, -0.1) is 0 Å². The molecule has 75 heavy (non-hydrogen) atoms. The Morgan fingerprint density at radius 1 is 0.373 bits per heavy atom. The molecule has 14 rings (SSSR count). The zero-order chi connectivity index (χ0) is 50.7. The first-order valence-corrected chi connectivity index (χ1v) is 25.9. The lowest BCUT2D eigenvalue weighted by molar-refractivity contribution is 0.483. The van der Waals surface area contributed by atoms with E-state index in [9.17, 15) is 0 Å². The van der Waals surface area contributed by atoms with Crippen LogP contribution >= 0.6 is 0 Å². The highest BCUT2D eigenvalue weighted by Crippen LogP contribution is 2.51. The summed E-state index contributed by atoms with van der Waals surface area (Å²) < 4.78 is 14.1. The van der Waals surface area contributed by atoms with E-state index in [1.165, 1.54) is 38.1 Å². The van der Waals surface area contributed by atoms with Crippen LogP contribution in [0.2, 0.25) is 0 Å². The van der Waals surface area contributed by atoms with Gasteiger partial charge in [0.15, 0.2) is 5.82 Å². The maximum absolute atomic E-state index is 6.89. The first-order valence-electron chi connectivity index (χ1n) is 25.9. The Bertz CT molecular complexity index is 4190. The topological polar surface area (TPSA) is 56.3 Å². The van der Waals surface area contributed by atoms with Crippen molar-refractivity contribution in [3.63, 3.8) is 0 Å². The number of pyridine rings is 2. The number of rotatable bonds is 7.